The second-order valence-electron chi connectivity index (χ2n) is 11.5. The topological polar surface area (TPSA) is 152 Å². The van der Waals surface area contributed by atoms with Gasteiger partial charge in [-0.3, -0.25) is 19.8 Å². The van der Waals surface area contributed by atoms with Gasteiger partial charge in [-0.15, -0.1) is 0 Å². The van der Waals surface area contributed by atoms with Crippen LogP contribution in [0.4, 0.5) is 0 Å². The van der Waals surface area contributed by atoms with Gasteiger partial charge in [-0.25, -0.2) is 0 Å². The number of fused-ring (bicyclic) bond motifs is 4. The van der Waals surface area contributed by atoms with Crippen LogP contribution in [0.1, 0.15) is 63.5 Å². The molecule has 1 heterocycles. The van der Waals surface area contributed by atoms with E-state index in [0.717, 1.165) is 61.9 Å². The number of ketones is 2. The molecule has 0 saturated heterocycles. The van der Waals surface area contributed by atoms with Gasteiger partial charge in [0.2, 0.25) is 17.5 Å². The Morgan fingerprint density at radius 3 is 2.59 bits per heavy atom. The molecule has 1 aromatic carbocycles. The number of rotatable bonds is 14. The lowest BCUT2D eigenvalue weighted by atomic mass is 9.53. The molecular weight excluding hydrogens is 492 g/mol. The van der Waals surface area contributed by atoms with Gasteiger partial charge in [0.15, 0.2) is 0 Å². The molecule has 9 nitrogen and oxygen atoms in total. The van der Waals surface area contributed by atoms with Crippen LogP contribution in [0.25, 0.3) is 5.70 Å². The van der Waals surface area contributed by atoms with Gasteiger partial charge in [-0.1, -0.05) is 44.5 Å². The Morgan fingerprint density at radius 1 is 1.10 bits per heavy atom. The van der Waals surface area contributed by atoms with Crippen LogP contribution in [0.5, 0.6) is 0 Å². The monoisotopic (exact) mass is 536 g/mol. The summed E-state index contributed by atoms with van der Waals surface area (Å²) in [6, 6.07) is 7.45. The minimum Gasteiger partial charge on any atom is -0.356 e. The number of Topliss-reactive ketones (excluding diaryl/α,β-unsaturated/α-hetero) is 2. The molecule has 0 bridgehead atoms. The fourth-order valence-corrected chi connectivity index (χ4v) is 6.09. The molecule has 1 amide bonds. The lowest BCUT2D eigenvalue weighted by molar-refractivity contribution is -0.137. The number of carbonyl (C=O) groups excluding carboxylic acids is 3. The third-order valence-electron chi connectivity index (χ3n) is 8.52. The molecule has 4 unspecified atom stereocenters. The maximum atomic E-state index is 12.7. The number of nitrogens with two attached hydrogens (primary N) is 2. The van der Waals surface area contributed by atoms with E-state index in [9.17, 15) is 14.4 Å². The van der Waals surface area contributed by atoms with E-state index >= 15 is 0 Å². The van der Waals surface area contributed by atoms with E-state index in [1.807, 2.05) is 32.2 Å². The number of hydrogen-bond acceptors (Lipinski definition) is 8. The second-order valence-corrected chi connectivity index (χ2v) is 11.5. The number of nitrogens with one attached hydrogen (secondary N) is 3. The van der Waals surface area contributed by atoms with Crippen LogP contribution in [-0.2, 0) is 20.9 Å². The molecule has 2 saturated carbocycles. The minimum atomic E-state index is -0.752. The van der Waals surface area contributed by atoms with Crippen molar-refractivity contribution in [3.8, 4) is 0 Å². The Labute approximate surface area is 231 Å². The fourth-order valence-electron chi connectivity index (χ4n) is 6.09. The van der Waals surface area contributed by atoms with Gasteiger partial charge in [0.25, 0.3) is 0 Å². The molecule has 39 heavy (non-hydrogen) atoms. The quantitative estimate of drug-likeness (QED) is 0.180. The molecule has 3 aliphatic rings. The van der Waals surface area contributed by atoms with E-state index < -0.39 is 17.6 Å². The highest BCUT2D eigenvalue weighted by molar-refractivity contribution is 6.39. The highest BCUT2D eigenvalue weighted by Crippen LogP contribution is 2.56. The molecule has 7 N–H and O–H groups in total. The maximum absolute atomic E-state index is 12.7. The Morgan fingerprint density at radius 2 is 1.87 bits per heavy atom. The summed E-state index contributed by atoms with van der Waals surface area (Å²) in [6.07, 6.45) is 7.92. The number of nitrogens with zero attached hydrogens (tertiary/aromatic N) is 1. The summed E-state index contributed by atoms with van der Waals surface area (Å²) >= 11 is 0. The number of hydrazone groups is 1. The van der Waals surface area contributed by atoms with Crippen LogP contribution in [0.15, 0.2) is 34.9 Å². The second kappa shape index (κ2) is 13.5. The van der Waals surface area contributed by atoms with Gasteiger partial charge < -0.3 is 22.1 Å². The predicted molar refractivity (Wildman–Crippen MR) is 153 cm³/mol. The number of hydrogen-bond donors (Lipinski definition) is 5. The summed E-state index contributed by atoms with van der Waals surface area (Å²) in [5.74, 6) is 0.454. The molecule has 5 atom stereocenters. The van der Waals surface area contributed by atoms with Gasteiger partial charge in [-0.2, -0.15) is 5.10 Å². The smallest absolute Gasteiger partial charge is 0.223 e. The van der Waals surface area contributed by atoms with Crippen molar-refractivity contribution in [3.63, 3.8) is 0 Å². The average molecular weight is 537 g/mol. The summed E-state index contributed by atoms with van der Waals surface area (Å²) in [5, 5.41) is 10.6. The van der Waals surface area contributed by atoms with Crippen LogP contribution in [0, 0.1) is 29.6 Å². The minimum absolute atomic E-state index is 0.0232. The standard InChI is InChI=1S/C30H44N6O3/c1-18(2)27(32)29(38)25(37)17-33-15-19-6-8-20(9-7-19)28-26-22-11-10-21(14-23(22)24(26)16-35-36-28)30(39)34-13-5-3-4-12-31/h6-9,16,18,21-24,27,33,36H,3-5,10-15,17,31-32H2,1-2H3,(H,34,39)/t21?,22?,23?,24?,27-/m0/s1. The van der Waals surface area contributed by atoms with Crippen molar-refractivity contribution in [2.24, 2.45) is 46.2 Å². The first-order valence-electron chi connectivity index (χ1n) is 14.5. The van der Waals surface area contributed by atoms with E-state index in [-0.39, 0.29) is 30.2 Å². The van der Waals surface area contributed by atoms with Crippen LogP contribution < -0.4 is 27.5 Å². The molecule has 0 aromatic heterocycles. The molecule has 0 radical (unpaired) electrons. The lowest BCUT2D eigenvalue weighted by Gasteiger charge is -2.52. The molecule has 2 aliphatic carbocycles. The summed E-state index contributed by atoms with van der Waals surface area (Å²) < 4.78 is 0. The van der Waals surface area contributed by atoms with Crippen LogP contribution in [0.3, 0.4) is 0 Å². The van der Waals surface area contributed by atoms with E-state index in [2.05, 4.69) is 33.3 Å². The van der Waals surface area contributed by atoms with E-state index in [0.29, 0.717) is 24.9 Å². The van der Waals surface area contributed by atoms with E-state index in [1.54, 1.807) is 0 Å². The summed E-state index contributed by atoms with van der Waals surface area (Å²) in [5.41, 5.74) is 19.2. The first-order chi connectivity index (χ1) is 18.8. The highest BCUT2D eigenvalue weighted by atomic mass is 16.2. The molecule has 4 rings (SSSR count). The van der Waals surface area contributed by atoms with Crippen molar-refractivity contribution in [2.45, 2.75) is 65.0 Å². The first kappa shape index (κ1) is 29.1. The van der Waals surface area contributed by atoms with Crippen LogP contribution >= 0.6 is 0 Å². The molecule has 0 spiro atoms. The Kier molecular flexibility index (Phi) is 10.0. The molecule has 1 aromatic rings. The molecular formula is C30H44N6O3. The van der Waals surface area contributed by atoms with Gasteiger partial charge in [-0.05, 0) is 73.1 Å². The third kappa shape index (κ3) is 6.83. The van der Waals surface area contributed by atoms with E-state index in [4.69, 9.17) is 11.5 Å². The molecule has 212 valence electrons. The zero-order valence-corrected chi connectivity index (χ0v) is 23.2. The van der Waals surface area contributed by atoms with Crippen molar-refractivity contribution >= 4 is 29.4 Å². The van der Waals surface area contributed by atoms with Gasteiger partial charge >= 0.3 is 0 Å². The number of amides is 1. The Balaban J connectivity index is 1.30. The zero-order valence-electron chi connectivity index (χ0n) is 23.2. The molecule has 2 fully saturated rings. The van der Waals surface area contributed by atoms with Crippen molar-refractivity contribution in [1.29, 1.82) is 0 Å². The van der Waals surface area contributed by atoms with Crippen molar-refractivity contribution in [1.82, 2.24) is 16.1 Å². The maximum Gasteiger partial charge on any atom is 0.223 e. The first-order valence-corrected chi connectivity index (χ1v) is 14.5. The van der Waals surface area contributed by atoms with E-state index in [1.165, 1.54) is 5.57 Å². The summed E-state index contributed by atoms with van der Waals surface area (Å²) in [6.45, 7) is 5.56. The number of allylic oxidation sites excluding steroid dienone is 1. The molecule has 1 aliphatic heterocycles. The summed E-state index contributed by atoms with van der Waals surface area (Å²) in [7, 11) is 0. The normalized spacial score (nSPS) is 24.3. The average Bonchev–Trinajstić information content (AvgIpc) is 2.94. The lowest BCUT2D eigenvalue weighted by Crippen LogP contribution is -2.49. The third-order valence-corrected chi connectivity index (χ3v) is 8.52. The number of unbranched alkanes of at least 4 members (excludes halogenated alkanes) is 2. The number of carbonyl (C=O) groups is 3. The van der Waals surface area contributed by atoms with Crippen molar-refractivity contribution < 1.29 is 14.4 Å². The zero-order chi connectivity index (χ0) is 27.9. The summed E-state index contributed by atoms with van der Waals surface area (Å²) in [4.78, 5) is 36.9. The van der Waals surface area contributed by atoms with Gasteiger partial charge in [0.05, 0.1) is 18.3 Å². The van der Waals surface area contributed by atoms with Crippen LogP contribution in [0.2, 0.25) is 0 Å². The fraction of sp³-hybridized carbons (Fsp3) is 0.600. The number of benzene rings is 1. The Hall–Kier alpha value is -2.88. The highest BCUT2D eigenvalue weighted by Gasteiger charge is 2.51. The SMILES string of the molecule is CC(C)[C@H](N)C(=O)C(=O)CNCc1ccc(C2=C3C(C=NN2)C2CC(C(=O)NCCCCCN)CCC32)cc1. The van der Waals surface area contributed by atoms with Crippen LogP contribution in [-0.4, -0.2) is 49.4 Å². The molecule has 9 heteroatoms. The Bertz CT molecular complexity index is 1100. The van der Waals surface area contributed by atoms with Crippen molar-refractivity contribution in [2.75, 3.05) is 19.6 Å². The predicted octanol–water partition coefficient (Wildman–Crippen LogP) is 2.11. The largest absolute Gasteiger partial charge is 0.356 e. The van der Waals surface area contributed by atoms with Gasteiger partial charge in [0, 0.05) is 31.1 Å². The van der Waals surface area contributed by atoms with Gasteiger partial charge in [0.1, 0.15) is 0 Å². The van der Waals surface area contributed by atoms with Crippen molar-refractivity contribution in [3.05, 3.63) is 41.0 Å².